The molecule has 0 saturated carbocycles. The van der Waals surface area contributed by atoms with E-state index in [0.29, 0.717) is 10.6 Å². The van der Waals surface area contributed by atoms with Gasteiger partial charge in [-0.25, -0.2) is 0 Å². The Balaban J connectivity index is 3.05. The Morgan fingerprint density at radius 2 is 1.78 bits per heavy atom. The normalized spacial score (nSPS) is 13.1. The van der Waals surface area contributed by atoms with Crippen LogP contribution < -0.4 is 0 Å². The number of hydrogen-bond acceptors (Lipinski definition) is 2. The summed E-state index contributed by atoms with van der Waals surface area (Å²) in [4.78, 5) is 10.3. The van der Waals surface area contributed by atoms with E-state index < -0.39 is 8.07 Å². The smallest absolute Gasteiger partial charge is 0.258 e. The molecule has 0 heterocycles. The minimum atomic E-state index is -1.54. The molecule has 0 N–H and O–H groups in total. The van der Waals surface area contributed by atoms with E-state index >= 15 is 0 Å². The molecule has 4 heteroatoms. The quantitative estimate of drug-likeness (QED) is 0.287. The lowest BCUT2D eigenvalue weighted by Gasteiger charge is -2.41. The van der Waals surface area contributed by atoms with Crippen LogP contribution in [0.2, 0.25) is 23.7 Å². The molecule has 1 rings (SSSR count). The lowest BCUT2D eigenvalue weighted by molar-refractivity contribution is -0.384. The Kier molecular flexibility index (Phi) is 6.58. The molecule has 0 amide bonds. The van der Waals surface area contributed by atoms with E-state index in [9.17, 15) is 10.1 Å². The van der Waals surface area contributed by atoms with E-state index in [1.807, 2.05) is 0 Å². The van der Waals surface area contributed by atoms with Gasteiger partial charge in [0.05, 0.1) is 13.0 Å². The third kappa shape index (κ3) is 5.21. The van der Waals surface area contributed by atoms with Crippen LogP contribution >= 0.6 is 0 Å². The van der Waals surface area contributed by atoms with Crippen LogP contribution in [0.4, 0.5) is 5.69 Å². The molecule has 0 bridgehead atoms. The second kappa shape index (κ2) is 7.78. The standard InChI is InChI=1S/C19H29NO2Si/c1-7-8-9-18(23(5,6)19(2,3)4)15-12-16-10-13-17(14-11-16)20(21)22/h10-11,13-14,18H,7-9H2,1-6H3. The summed E-state index contributed by atoms with van der Waals surface area (Å²) in [7, 11) is -1.54. The first-order chi connectivity index (χ1) is 10.6. The monoisotopic (exact) mass is 331 g/mol. The second-order valence-electron chi connectivity index (χ2n) is 7.74. The highest BCUT2D eigenvalue weighted by Gasteiger charge is 2.40. The Labute approximate surface area is 141 Å². The van der Waals surface area contributed by atoms with E-state index in [0.717, 1.165) is 12.0 Å². The van der Waals surface area contributed by atoms with Crippen LogP contribution in [-0.4, -0.2) is 13.0 Å². The predicted octanol–water partition coefficient (Wildman–Crippen LogP) is 6.02. The van der Waals surface area contributed by atoms with Crippen molar-refractivity contribution in [2.75, 3.05) is 0 Å². The molecule has 0 fully saturated rings. The van der Waals surface area contributed by atoms with Crippen molar-refractivity contribution in [2.24, 2.45) is 0 Å². The summed E-state index contributed by atoms with van der Waals surface area (Å²) in [5.41, 5.74) is 1.41. The Morgan fingerprint density at radius 1 is 1.22 bits per heavy atom. The molecule has 1 aromatic carbocycles. The van der Waals surface area contributed by atoms with E-state index in [4.69, 9.17) is 0 Å². The first kappa shape index (κ1) is 19.4. The van der Waals surface area contributed by atoms with Gasteiger partial charge in [-0.1, -0.05) is 65.5 Å². The van der Waals surface area contributed by atoms with Crippen LogP contribution in [0.3, 0.4) is 0 Å². The molecule has 23 heavy (non-hydrogen) atoms. The van der Waals surface area contributed by atoms with Crippen LogP contribution in [0.25, 0.3) is 0 Å². The zero-order valence-electron chi connectivity index (χ0n) is 15.3. The molecule has 0 spiro atoms. The van der Waals surface area contributed by atoms with Gasteiger partial charge in [-0.15, -0.1) is 0 Å². The maximum Gasteiger partial charge on any atom is 0.269 e. The molecular weight excluding hydrogens is 302 g/mol. The van der Waals surface area contributed by atoms with Crippen LogP contribution in [0, 0.1) is 22.0 Å². The maximum absolute atomic E-state index is 10.7. The van der Waals surface area contributed by atoms with Gasteiger partial charge < -0.3 is 0 Å². The molecule has 0 aliphatic heterocycles. The number of nitro groups is 1. The molecule has 0 aliphatic rings. The van der Waals surface area contributed by atoms with Crippen molar-refractivity contribution in [3.05, 3.63) is 39.9 Å². The van der Waals surface area contributed by atoms with Gasteiger partial charge in [0.1, 0.15) is 0 Å². The fraction of sp³-hybridized carbons (Fsp3) is 0.579. The number of benzene rings is 1. The predicted molar refractivity (Wildman–Crippen MR) is 100 cm³/mol. The molecule has 1 unspecified atom stereocenters. The van der Waals surface area contributed by atoms with Gasteiger partial charge in [-0.05, 0) is 23.6 Å². The molecule has 1 atom stereocenters. The average molecular weight is 332 g/mol. The summed E-state index contributed by atoms with van der Waals surface area (Å²) >= 11 is 0. The highest BCUT2D eigenvalue weighted by Crippen LogP contribution is 2.45. The molecule has 1 aromatic rings. The van der Waals surface area contributed by atoms with Gasteiger partial charge in [0.2, 0.25) is 0 Å². The molecule has 0 radical (unpaired) electrons. The molecular formula is C19H29NO2Si. The van der Waals surface area contributed by atoms with Crippen molar-refractivity contribution in [1.82, 2.24) is 0 Å². The fourth-order valence-electron chi connectivity index (χ4n) is 2.38. The zero-order chi connectivity index (χ0) is 17.7. The number of hydrogen-bond donors (Lipinski definition) is 0. The average Bonchev–Trinajstić information content (AvgIpc) is 2.46. The van der Waals surface area contributed by atoms with Crippen LogP contribution in [0.15, 0.2) is 24.3 Å². The molecule has 0 aliphatic carbocycles. The van der Waals surface area contributed by atoms with Gasteiger partial charge in [0, 0.05) is 23.2 Å². The van der Waals surface area contributed by atoms with E-state index in [-0.39, 0.29) is 10.6 Å². The van der Waals surface area contributed by atoms with Gasteiger partial charge >= 0.3 is 0 Å². The Hall–Kier alpha value is -1.60. The number of nitro benzene ring substituents is 1. The van der Waals surface area contributed by atoms with Crippen LogP contribution in [0.5, 0.6) is 0 Å². The second-order valence-corrected chi connectivity index (χ2v) is 13.4. The third-order valence-corrected chi connectivity index (χ3v) is 11.2. The van der Waals surface area contributed by atoms with Crippen molar-refractivity contribution < 1.29 is 4.92 Å². The summed E-state index contributed by atoms with van der Waals surface area (Å²) in [6, 6.07) is 6.54. The lowest BCUT2D eigenvalue weighted by atomic mass is 10.1. The van der Waals surface area contributed by atoms with Crippen LogP contribution in [-0.2, 0) is 0 Å². The Bertz CT molecular complexity index is 589. The third-order valence-electron chi connectivity index (χ3n) is 5.12. The molecule has 126 valence electrons. The minimum Gasteiger partial charge on any atom is -0.258 e. The highest BCUT2D eigenvalue weighted by atomic mass is 28.3. The van der Waals surface area contributed by atoms with Gasteiger partial charge in [-0.2, -0.15) is 0 Å². The van der Waals surface area contributed by atoms with Crippen molar-refractivity contribution in [3.8, 4) is 11.8 Å². The topological polar surface area (TPSA) is 43.1 Å². The molecule has 3 nitrogen and oxygen atoms in total. The summed E-state index contributed by atoms with van der Waals surface area (Å²) in [5, 5.41) is 11.0. The summed E-state index contributed by atoms with van der Waals surface area (Å²) in [6.07, 6.45) is 3.53. The number of unbranched alkanes of at least 4 members (excludes halogenated alkanes) is 1. The molecule has 0 aromatic heterocycles. The largest absolute Gasteiger partial charge is 0.269 e. The van der Waals surface area contributed by atoms with Gasteiger partial charge in [-0.3, -0.25) is 10.1 Å². The summed E-state index contributed by atoms with van der Waals surface area (Å²) in [5.74, 6) is 6.77. The fourth-order valence-corrected chi connectivity index (χ4v) is 4.79. The van der Waals surface area contributed by atoms with E-state index in [1.54, 1.807) is 12.1 Å². The number of nitrogens with zero attached hydrogens (tertiary/aromatic N) is 1. The summed E-state index contributed by atoms with van der Waals surface area (Å²) in [6.45, 7) is 14.0. The van der Waals surface area contributed by atoms with Crippen molar-refractivity contribution in [2.45, 2.75) is 70.6 Å². The summed E-state index contributed by atoms with van der Waals surface area (Å²) < 4.78 is 0. The number of non-ortho nitro benzene ring substituents is 1. The van der Waals surface area contributed by atoms with Crippen molar-refractivity contribution >= 4 is 13.8 Å². The zero-order valence-corrected chi connectivity index (χ0v) is 16.3. The van der Waals surface area contributed by atoms with Crippen molar-refractivity contribution in [1.29, 1.82) is 0 Å². The number of rotatable bonds is 5. The minimum absolute atomic E-state index is 0.113. The van der Waals surface area contributed by atoms with Gasteiger partial charge in [0.25, 0.3) is 5.69 Å². The lowest BCUT2D eigenvalue weighted by Crippen LogP contribution is -2.41. The highest BCUT2D eigenvalue weighted by molar-refractivity contribution is 6.82. The SMILES string of the molecule is CCCCC(C#Cc1ccc([N+](=O)[O-])cc1)[Si](C)(C)C(C)(C)C. The van der Waals surface area contributed by atoms with E-state index in [1.165, 1.54) is 25.0 Å². The van der Waals surface area contributed by atoms with E-state index in [2.05, 4.69) is 52.6 Å². The first-order valence-corrected chi connectivity index (χ1v) is 11.4. The maximum atomic E-state index is 10.7. The van der Waals surface area contributed by atoms with Crippen LogP contribution in [0.1, 0.15) is 52.5 Å². The first-order valence-electron chi connectivity index (χ1n) is 8.35. The Morgan fingerprint density at radius 3 is 2.22 bits per heavy atom. The molecule has 0 saturated heterocycles. The van der Waals surface area contributed by atoms with Crippen molar-refractivity contribution in [3.63, 3.8) is 0 Å². The van der Waals surface area contributed by atoms with Gasteiger partial charge in [0.15, 0.2) is 0 Å².